The van der Waals surface area contributed by atoms with Gasteiger partial charge in [-0.05, 0) is 13.3 Å². The number of nitrogens with one attached hydrogen (secondary N) is 1. The van der Waals surface area contributed by atoms with Gasteiger partial charge in [-0.1, -0.05) is 13.5 Å². The van der Waals surface area contributed by atoms with Crippen LogP contribution >= 0.6 is 0 Å². The Kier molecular flexibility index (Phi) is 5.37. The van der Waals surface area contributed by atoms with Crippen LogP contribution in [0.4, 0.5) is 0 Å². The van der Waals surface area contributed by atoms with E-state index in [2.05, 4.69) is 11.9 Å². The fourth-order valence-electron chi connectivity index (χ4n) is 0.771. The molecule has 0 radical (unpaired) electrons. The summed E-state index contributed by atoms with van der Waals surface area (Å²) < 4.78 is 4.93. The third-order valence-electron chi connectivity index (χ3n) is 1.58. The van der Waals surface area contributed by atoms with Crippen LogP contribution in [0.15, 0.2) is 12.2 Å². The first-order valence-electron chi connectivity index (χ1n) is 4.07. The number of hydrogen-bond acceptors (Lipinski definition) is 2. The van der Waals surface area contributed by atoms with Crippen molar-refractivity contribution in [2.24, 2.45) is 0 Å². The minimum Gasteiger partial charge on any atom is -0.383 e. The van der Waals surface area contributed by atoms with Crippen molar-refractivity contribution in [3.63, 3.8) is 0 Å². The lowest BCUT2D eigenvalue weighted by atomic mass is 10.2. The number of ether oxygens (including phenoxy) is 1. The molecule has 1 N–H and O–H groups in total. The van der Waals surface area contributed by atoms with Crippen LogP contribution in [-0.4, -0.2) is 25.7 Å². The number of amides is 1. The molecule has 0 rings (SSSR count). The van der Waals surface area contributed by atoms with Crippen molar-refractivity contribution in [3.05, 3.63) is 12.2 Å². The van der Waals surface area contributed by atoms with Crippen molar-refractivity contribution in [2.45, 2.75) is 26.3 Å². The second-order valence-corrected chi connectivity index (χ2v) is 2.81. The third kappa shape index (κ3) is 4.13. The third-order valence-corrected chi connectivity index (χ3v) is 1.58. The summed E-state index contributed by atoms with van der Waals surface area (Å²) in [7, 11) is 1.62. The van der Waals surface area contributed by atoms with Crippen LogP contribution < -0.4 is 5.32 Å². The molecule has 1 amide bonds. The zero-order chi connectivity index (χ0) is 9.56. The predicted octanol–water partition coefficient (Wildman–Crippen LogP) is 1.10. The molecule has 0 spiro atoms. The minimum absolute atomic E-state index is 0.0965. The summed E-state index contributed by atoms with van der Waals surface area (Å²) in [6, 6.07) is 0.0965. The number of methoxy groups -OCH3 is 1. The van der Waals surface area contributed by atoms with Gasteiger partial charge in [0.05, 0.1) is 12.6 Å². The molecule has 3 heteroatoms. The largest absolute Gasteiger partial charge is 0.383 e. The van der Waals surface area contributed by atoms with Crippen molar-refractivity contribution in [1.82, 2.24) is 5.32 Å². The van der Waals surface area contributed by atoms with Gasteiger partial charge in [0, 0.05) is 12.7 Å². The van der Waals surface area contributed by atoms with Crippen LogP contribution in [0.1, 0.15) is 20.3 Å². The molecule has 0 aromatic heterocycles. The lowest BCUT2D eigenvalue weighted by molar-refractivity contribution is -0.118. The van der Waals surface area contributed by atoms with E-state index in [1.807, 2.05) is 6.92 Å². The van der Waals surface area contributed by atoms with Gasteiger partial charge >= 0.3 is 0 Å². The van der Waals surface area contributed by atoms with E-state index in [9.17, 15) is 4.79 Å². The van der Waals surface area contributed by atoms with Gasteiger partial charge in [-0.25, -0.2) is 0 Å². The number of hydrogen-bond donors (Lipinski definition) is 1. The molecule has 0 aromatic rings. The Morgan fingerprint density at radius 2 is 2.25 bits per heavy atom. The average molecular weight is 171 g/mol. The summed E-state index contributed by atoms with van der Waals surface area (Å²) in [4.78, 5) is 11.1. The summed E-state index contributed by atoms with van der Waals surface area (Å²) in [5, 5.41) is 2.80. The van der Waals surface area contributed by atoms with Crippen LogP contribution in [-0.2, 0) is 9.53 Å². The monoisotopic (exact) mass is 171 g/mol. The van der Waals surface area contributed by atoms with E-state index in [0.717, 1.165) is 6.42 Å². The standard InChI is InChI=1S/C9H17NO2/c1-5-8(6-12-4)10-9(11)7(2)3/h8H,2,5-6H2,1,3-4H3,(H,10,11). The first-order chi connectivity index (χ1) is 5.61. The van der Waals surface area contributed by atoms with Gasteiger partial charge in [0.2, 0.25) is 5.91 Å². The molecule has 0 aliphatic rings. The highest BCUT2D eigenvalue weighted by Crippen LogP contribution is 1.94. The van der Waals surface area contributed by atoms with Crippen LogP contribution in [0.2, 0.25) is 0 Å². The molecule has 0 saturated heterocycles. The average Bonchev–Trinajstić information content (AvgIpc) is 2.03. The summed E-state index contributed by atoms with van der Waals surface area (Å²) in [6.07, 6.45) is 0.868. The van der Waals surface area contributed by atoms with E-state index in [1.54, 1.807) is 14.0 Å². The fourth-order valence-corrected chi connectivity index (χ4v) is 0.771. The molecule has 0 aliphatic carbocycles. The summed E-state index contributed by atoms with van der Waals surface area (Å²) in [5.74, 6) is -0.0982. The highest BCUT2D eigenvalue weighted by atomic mass is 16.5. The van der Waals surface area contributed by atoms with Crippen molar-refractivity contribution >= 4 is 5.91 Å². The number of carbonyl (C=O) groups excluding carboxylic acids is 1. The van der Waals surface area contributed by atoms with Gasteiger partial charge < -0.3 is 10.1 Å². The van der Waals surface area contributed by atoms with Crippen molar-refractivity contribution in [3.8, 4) is 0 Å². The first-order valence-corrected chi connectivity index (χ1v) is 4.07. The maximum atomic E-state index is 11.1. The van der Waals surface area contributed by atoms with Crippen molar-refractivity contribution in [2.75, 3.05) is 13.7 Å². The Balaban J connectivity index is 3.85. The van der Waals surface area contributed by atoms with Gasteiger partial charge in [0.25, 0.3) is 0 Å². The molecule has 0 bridgehead atoms. The molecule has 1 atom stereocenters. The fraction of sp³-hybridized carbons (Fsp3) is 0.667. The van der Waals surface area contributed by atoms with E-state index in [1.165, 1.54) is 0 Å². The second-order valence-electron chi connectivity index (χ2n) is 2.81. The Morgan fingerprint density at radius 3 is 2.58 bits per heavy atom. The van der Waals surface area contributed by atoms with Gasteiger partial charge in [0.15, 0.2) is 0 Å². The zero-order valence-corrected chi connectivity index (χ0v) is 8.02. The Bertz CT molecular complexity index is 166. The first kappa shape index (κ1) is 11.2. The SMILES string of the molecule is C=C(C)C(=O)NC(CC)COC. The minimum atomic E-state index is -0.0982. The predicted molar refractivity (Wildman–Crippen MR) is 48.9 cm³/mol. The van der Waals surface area contributed by atoms with E-state index >= 15 is 0 Å². The lowest BCUT2D eigenvalue weighted by Gasteiger charge is -2.15. The lowest BCUT2D eigenvalue weighted by Crippen LogP contribution is -2.37. The van der Waals surface area contributed by atoms with Gasteiger partial charge in [0.1, 0.15) is 0 Å². The highest BCUT2D eigenvalue weighted by Gasteiger charge is 2.09. The molecule has 1 unspecified atom stereocenters. The molecule has 3 nitrogen and oxygen atoms in total. The topological polar surface area (TPSA) is 38.3 Å². The maximum absolute atomic E-state index is 11.1. The maximum Gasteiger partial charge on any atom is 0.246 e. The van der Waals surface area contributed by atoms with Gasteiger partial charge in [-0.2, -0.15) is 0 Å². The van der Waals surface area contributed by atoms with Crippen LogP contribution in [0, 0.1) is 0 Å². The molecule has 0 aromatic carbocycles. The zero-order valence-electron chi connectivity index (χ0n) is 8.02. The van der Waals surface area contributed by atoms with Gasteiger partial charge in [-0.3, -0.25) is 4.79 Å². The molecule has 0 heterocycles. The van der Waals surface area contributed by atoms with E-state index in [4.69, 9.17) is 4.74 Å². The summed E-state index contributed by atoms with van der Waals surface area (Å²) >= 11 is 0. The number of carbonyl (C=O) groups is 1. The van der Waals surface area contributed by atoms with E-state index in [-0.39, 0.29) is 11.9 Å². The Labute approximate surface area is 73.8 Å². The van der Waals surface area contributed by atoms with Gasteiger partial charge in [-0.15, -0.1) is 0 Å². The Hall–Kier alpha value is -0.830. The van der Waals surface area contributed by atoms with E-state index in [0.29, 0.717) is 12.2 Å². The molecular weight excluding hydrogens is 154 g/mol. The quantitative estimate of drug-likeness (QED) is 0.629. The molecule has 0 saturated carbocycles. The molecule has 70 valence electrons. The second kappa shape index (κ2) is 5.77. The smallest absolute Gasteiger partial charge is 0.246 e. The normalized spacial score (nSPS) is 12.2. The highest BCUT2D eigenvalue weighted by molar-refractivity contribution is 5.92. The van der Waals surface area contributed by atoms with Crippen molar-refractivity contribution < 1.29 is 9.53 Å². The molecule has 12 heavy (non-hydrogen) atoms. The van der Waals surface area contributed by atoms with Crippen LogP contribution in [0.3, 0.4) is 0 Å². The molecular formula is C9H17NO2. The Morgan fingerprint density at radius 1 is 1.67 bits per heavy atom. The summed E-state index contributed by atoms with van der Waals surface area (Å²) in [5.41, 5.74) is 0.532. The van der Waals surface area contributed by atoms with Crippen LogP contribution in [0.25, 0.3) is 0 Å². The van der Waals surface area contributed by atoms with E-state index < -0.39 is 0 Å². The molecule has 0 aliphatic heterocycles. The summed E-state index contributed by atoms with van der Waals surface area (Å²) in [6.45, 7) is 7.79. The molecule has 0 fully saturated rings. The number of rotatable bonds is 5. The van der Waals surface area contributed by atoms with Crippen LogP contribution in [0.5, 0.6) is 0 Å². The van der Waals surface area contributed by atoms with Crippen molar-refractivity contribution in [1.29, 1.82) is 0 Å².